The van der Waals surface area contributed by atoms with Crippen LogP contribution in [0.1, 0.15) is 25.6 Å². The molecule has 0 fully saturated rings. The van der Waals surface area contributed by atoms with Crippen LogP contribution in [0, 0.1) is 0 Å². The first kappa shape index (κ1) is 15.2. The van der Waals surface area contributed by atoms with Gasteiger partial charge in [0, 0.05) is 19.5 Å². The molecule has 3 N–H and O–H groups in total. The average Bonchev–Trinajstić information content (AvgIpc) is 2.49. The van der Waals surface area contributed by atoms with E-state index in [1.807, 2.05) is 25.1 Å². The minimum absolute atomic E-state index is 0.0318. The summed E-state index contributed by atoms with van der Waals surface area (Å²) >= 11 is 0. The van der Waals surface area contributed by atoms with E-state index >= 15 is 0 Å². The fourth-order valence-electron chi connectivity index (χ4n) is 1.98. The summed E-state index contributed by atoms with van der Waals surface area (Å²) in [5, 5.41) is 6.50. The molecule has 112 valence electrons. The van der Waals surface area contributed by atoms with E-state index in [1.165, 1.54) is 0 Å². The first-order valence-electron chi connectivity index (χ1n) is 7.16. The third-order valence-corrected chi connectivity index (χ3v) is 3.06. The molecule has 0 unspecified atom stereocenters. The maximum absolute atomic E-state index is 11.9. The van der Waals surface area contributed by atoms with Crippen LogP contribution in [0.4, 0.5) is 0 Å². The molecule has 1 aromatic heterocycles. The third-order valence-electron chi connectivity index (χ3n) is 3.06. The average molecular weight is 288 g/mol. The number of para-hydroxylation sites is 1. The topological polar surface area (TPSA) is 86.9 Å². The van der Waals surface area contributed by atoms with Crippen LogP contribution in [0.2, 0.25) is 0 Å². The highest BCUT2D eigenvalue weighted by molar-refractivity contribution is 5.77. The predicted molar refractivity (Wildman–Crippen MR) is 82.0 cm³/mol. The van der Waals surface area contributed by atoms with Crippen molar-refractivity contribution in [2.24, 2.45) is 0 Å². The third kappa shape index (κ3) is 4.39. The van der Waals surface area contributed by atoms with Gasteiger partial charge in [0.15, 0.2) is 0 Å². The number of nitrogens with zero attached hydrogens (tertiary/aromatic N) is 1. The Bertz CT molecular complexity index is 666. The molecule has 21 heavy (non-hydrogen) atoms. The molecule has 0 radical (unpaired) electrons. The fourth-order valence-corrected chi connectivity index (χ4v) is 1.98. The van der Waals surface area contributed by atoms with Crippen molar-refractivity contribution in [3.8, 4) is 0 Å². The van der Waals surface area contributed by atoms with Gasteiger partial charge in [-0.05, 0) is 18.6 Å². The number of H-pyrrole nitrogens is 1. The lowest BCUT2D eigenvalue weighted by molar-refractivity contribution is -0.120. The maximum atomic E-state index is 11.9. The Morgan fingerprint density at radius 1 is 1.29 bits per heavy atom. The van der Waals surface area contributed by atoms with E-state index in [0.29, 0.717) is 42.8 Å². The molecule has 2 rings (SSSR count). The quantitative estimate of drug-likeness (QED) is 0.661. The maximum Gasteiger partial charge on any atom is 0.258 e. The molecule has 1 heterocycles. The number of carbonyl (C=O) groups is 1. The van der Waals surface area contributed by atoms with Crippen LogP contribution >= 0.6 is 0 Å². The molecule has 6 heteroatoms. The number of aromatic nitrogens is 2. The molecule has 0 aliphatic carbocycles. The van der Waals surface area contributed by atoms with Crippen molar-refractivity contribution in [3.05, 3.63) is 40.4 Å². The van der Waals surface area contributed by atoms with Gasteiger partial charge in [0.05, 0.1) is 17.4 Å². The highest BCUT2D eigenvalue weighted by Crippen LogP contribution is 2.05. The molecule has 2 aromatic rings. The van der Waals surface area contributed by atoms with E-state index in [2.05, 4.69) is 20.6 Å². The van der Waals surface area contributed by atoms with Gasteiger partial charge in [-0.1, -0.05) is 19.1 Å². The van der Waals surface area contributed by atoms with Crippen molar-refractivity contribution >= 4 is 16.8 Å². The Balaban J connectivity index is 1.86. The summed E-state index contributed by atoms with van der Waals surface area (Å²) in [5.41, 5.74) is 0.539. The molecule has 0 bridgehead atoms. The van der Waals surface area contributed by atoms with E-state index < -0.39 is 0 Å². The van der Waals surface area contributed by atoms with Crippen LogP contribution in [-0.2, 0) is 11.3 Å². The smallest absolute Gasteiger partial charge is 0.258 e. The summed E-state index contributed by atoms with van der Waals surface area (Å²) in [7, 11) is 0. The highest BCUT2D eigenvalue weighted by Gasteiger charge is 2.03. The highest BCUT2D eigenvalue weighted by atomic mass is 16.1. The summed E-state index contributed by atoms with van der Waals surface area (Å²) in [6.45, 7) is 3.70. The Kier molecular flexibility index (Phi) is 5.45. The number of hydrogen-bond donors (Lipinski definition) is 3. The van der Waals surface area contributed by atoms with Crippen molar-refractivity contribution in [3.63, 3.8) is 0 Å². The molecule has 0 saturated carbocycles. The summed E-state index contributed by atoms with van der Waals surface area (Å²) in [4.78, 5) is 30.4. The zero-order chi connectivity index (χ0) is 15.1. The van der Waals surface area contributed by atoms with E-state index in [9.17, 15) is 9.59 Å². The predicted octanol–water partition coefficient (Wildman–Crippen LogP) is 0.929. The van der Waals surface area contributed by atoms with Crippen LogP contribution in [0.25, 0.3) is 10.9 Å². The largest absolute Gasteiger partial charge is 0.356 e. The molecule has 0 spiro atoms. The minimum atomic E-state index is -0.141. The second-order valence-corrected chi connectivity index (χ2v) is 4.81. The van der Waals surface area contributed by atoms with Crippen LogP contribution < -0.4 is 16.2 Å². The Morgan fingerprint density at radius 2 is 2.10 bits per heavy atom. The Morgan fingerprint density at radius 3 is 2.90 bits per heavy atom. The second kappa shape index (κ2) is 7.54. The number of nitrogens with one attached hydrogen (secondary N) is 3. The van der Waals surface area contributed by atoms with Crippen LogP contribution in [0.3, 0.4) is 0 Å². The molecule has 0 atom stereocenters. The standard InChI is InChI=1S/C15H20N4O2/c1-2-8-17-14(20)7-9-16-10-13-18-12-6-4-3-5-11(12)15(21)19-13/h3-6,16H,2,7-10H2,1H3,(H,17,20)(H,18,19,21). The van der Waals surface area contributed by atoms with Gasteiger partial charge in [-0.15, -0.1) is 0 Å². The van der Waals surface area contributed by atoms with Crippen molar-refractivity contribution in [2.75, 3.05) is 13.1 Å². The molecule has 1 aromatic carbocycles. The second-order valence-electron chi connectivity index (χ2n) is 4.81. The first-order chi connectivity index (χ1) is 10.2. The van der Waals surface area contributed by atoms with E-state index in [-0.39, 0.29) is 11.5 Å². The molecular formula is C15H20N4O2. The molecule has 0 aliphatic heterocycles. The van der Waals surface area contributed by atoms with Gasteiger partial charge >= 0.3 is 0 Å². The summed E-state index contributed by atoms with van der Waals surface area (Å²) in [6, 6.07) is 7.22. The number of aromatic amines is 1. The van der Waals surface area contributed by atoms with Gasteiger partial charge in [-0.25, -0.2) is 4.98 Å². The molecule has 6 nitrogen and oxygen atoms in total. The summed E-state index contributed by atoms with van der Waals surface area (Å²) in [5.74, 6) is 0.608. The van der Waals surface area contributed by atoms with E-state index in [0.717, 1.165) is 6.42 Å². The number of hydrogen-bond acceptors (Lipinski definition) is 4. The van der Waals surface area contributed by atoms with Gasteiger partial charge in [-0.3, -0.25) is 9.59 Å². The summed E-state index contributed by atoms with van der Waals surface area (Å²) in [6.07, 6.45) is 1.35. The number of carbonyl (C=O) groups excluding carboxylic acids is 1. The monoisotopic (exact) mass is 288 g/mol. The Hall–Kier alpha value is -2.21. The number of rotatable bonds is 7. The van der Waals surface area contributed by atoms with Gasteiger partial charge in [0.2, 0.25) is 5.91 Å². The van der Waals surface area contributed by atoms with Crippen molar-refractivity contribution in [2.45, 2.75) is 26.3 Å². The zero-order valence-corrected chi connectivity index (χ0v) is 12.1. The minimum Gasteiger partial charge on any atom is -0.356 e. The van der Waals surface area contributed by atoms with E-state index in [1.54, 1.807) is 6.07 Å². The Labute approximate surface area is 123 Å². The molecular weight excluding hydrogens is 268 g/mol. The van der Waals surface area contributed by atoms with E-state index in [4.69, 9.17) is 0 Å². The number of fused-ring (bicyclic) bond motifs is 1. The number of benzene rings is 1. The van der Waals surface area contributed by atoms with Gasteiger partial charge < -0.3 is 15.6 Å². The lowest BCUT2D eigenvalue weighted by Gasteiger charge is -2.06. The van der Waals surface area contributed by atoms with Gasteiger partial charge in [-0.2, -0.15) is 0 Å². The van der Waals surface area contributed by atoms with Crippen molar-refractivity contribution in [1.29, 1.82) is 0 Å². The fraction of sp³-hybridized carbons (Fsp3) is 0.400. The SMILES string of the molecule is CCCNC(=O)CCNCc1nc2ccccc2c(=O)[nH]1. The summed E-state index contributed by atoms with van der Waals surface area (Å²) < 4.78 is 0. The zero-order valence-electron chi connectivity index (χ0n) is 12.1. The molecule has 0 aliphatic rings. The number of amides is 1. The first-order valence-corrected chi connectivity index (χ1v) is 7.16. The molecule has 1 amide bonds. The van der Waals surface area contributed by atoms with Gasteiger partial charge in [0.25, 0.3) is 5.56 Å². The normalized spacial score (nSPS) is 10.7. The van der Waals surface area contributed by atoms with Crippen molar-refractivity contribution in [1.82, 2.24) is 20.6 Å². The van der Waals surface area contributed by atoms with Crippen LogP contribution in [0.15, 0.2) is 29.1 Å². The van der Waals surface area contributed by atoms with Crippen molar-refractivity contribution < 1.29 is 4.79 Å². The van der Waals surface area contributed by atoms with Crippen LogP contribution in [0.5, 0.6) is 0 Å². The lowest BCUT2D eigenvalue weighted by atomic mass is 10.2. The molecule has 0 saturated heterocycles. The van der Waals surface area contributed by atoms with Crippen LogP contribution in [-0.4, -0.2) is 29.0 Å². The lowest BCUT2D eigenvalue weighted by Crippen LogP contribution is -2.28. The van der Waals surface area contributed by atoms with Gasteiger partial charge in [0.1, 0.15) is 5.82 Å².